The van der Waals surface area contributed by atoms with E-state index in [4.69, 9.17) is 14.2 Å². The van der Waals surface area contributed by atoms with Crippen molar-refractivity contribution in [2.24, 2.45) is 41.4 Å². The van der Waals surface area contributed by atoms with Gasteiger partial charge in [-0.3, -0.25) is 43.3 Å². The minimum absolute atomic E-state index is 0. The monoisotopic (exact) mass is 1260 g/mol. The zero-order chi connectivity index (χ0) is 66.1. The van der Waals surface area contributed by atoms with Crippen LogP contribution in [-0.4, -0.2) is 174 Å². The van der Waals surface area contributed by atoms with Gasteiger partial charge in [0.1, 0.15) is 12.4 Å². The minimum Gasteiger partial charge on any atom is -0.445 e. The number of methoxy groups -OCH3 is 2. The maximum Gasteiger partial charge on any atom is 0.410 e. The number of hydrogen-bond donors (Lipinski definition) is 3. The fourth-order valence-corrected chi connectivity index (χ4v) is 12.9. The van der Waals surface area contributed by atoms with Crippen molar-refractivity contribution in [2.75, 3.05) is 59.5 Å². The molecule has 0 radical (unpaired) electrons. The largest absolute Gasteiger partial charge is 0.445 e. The number of aliphatic hydroxyl groups is 1. The number of Topliss-reactive ketones (excluding diaryl/α,β-unsaturated/α-hetero) is 3. The van der Waals surface area contributed by atoms with Gasteiger partial charge in [0.25, 0.3) is 0 Å². The number of hydrogen-bond acceptors (Lipinski definition) is 15. The molecule has 0 aromatic heterocycles. The molecule has 89 heavy (non-hydrogen) atoms. The molecule has 2 heterocycles. The van der Waals surface area contributed by atoms with E-state index in [1.165, 1.54) is 21.6 Å². The van der Waals surface area contributed by atoms with Gasteiger partial charge in [0.05, 0.1) is 54.3 Å². The molecule has 2 saturated heterocycles. The van der Waals surface area contributed by atoms with Gasteiger partial charge in [-0.1, -0.05) is 139 Å². The Morgan fingerprint density at radius 1 is 0.764 bits per heavy atom. The number of ketones is 3. The number of rotatable bonds is 36. The Bertz CT molecular complexity index is 2550. The number of nitrogens with zero attached hydrogens (tertiary/aromatic N) is 4. The van der Waals surface area contributed by atoms with Crippen molar-refractivity contribution in [2.45, 2.75) is 215 Å². The summed E-state index contributed by atoms with van der Waals surface area (Å²) in [6.07, 6.45) is 6.10. The van der Waals surface area contributed by atoms with Crippen LogP contribution in [0.2, 0.25) is 0 Å². The molecule has 4 rings (SSSR count). The molecule has 6 amide bonds. The van der Waals surface area contributed by atoms with Crippen LogP contribution in [-0.2, 0) is 59.2 Å². The highest BCUT2D eigenvalue weighted by molar-refractivity contribution is 8.00. The Morgan fingerprint density at radius 2 is 1.40 bits per heavy atom. The van der Waals surface area contributed by atoms with E-state index in [0.717, 1.165) is 37.8 Å². The van der Waals surface area contributed by atoms with Gasteiger partial charge < -0.3 is 44.7 Å². The quantitative estimate of drug-likeness (QED) is 0.0425. The van der Waals surface area contributed by atoms with Crippen molar-refractivity contribution in [3.8, 4) is 0 Å². The van der Waals surface area contributed by atoms with Crippen LogP contribution in [0, 0.1) is 41.4 Å². The number of aliphatic hydroxyl groups excluding tert-OH is 1. The molecule has 0 spiro atoms. The Hall–Kier alpha value is -5.70. The molecule has 2 aliphatic rings. The molecule has 20 heteroatoms. The molecule has 502 valence electrons. The first-order valence-corrected chi connectivity index (χ1v) is 33.2. The van der Waals surface area contributed by atoms with Gasteiger partial charge in [0, 0.05) is 91.5 Å². The lowest BCUT2D eigenvalue weighted by Crippen LogP contribution is -2.52. The number of ether oxygens (including phenoxy) is 3. The third-order valence-electron chi connectivity index (χ3n) is 17.8. The van der Waals surface area contributed by atoms with E-state index in [1.54, 1.807) is 64.4 Å². The number of nitrogens with one attached hydrogen (secondary N) is 2. The molecule has 12 atom stereocenters. The summed E-state index contributed by atoms with van der Waals surface area (Å²) in [6.45, 7) is 24.0. The summed E-state index contributed by atoms with van der Waals surface area (Å²) < 4.78 is 17.1. The van der Waals surface area contributed by atoms with Crippen molar-refractivity contribution < 1.29 is 62.5 Å². The first kappa shape index (κ1) is 79.4. The number of likely N-dealkylation sites (tertiary alicyclic amines) is 2. The summed E-state index contributed by atoms with van der Waals surface area (Å²) in [5, 5.41) is 16.2. The molecule has 0 bridgehead atoms. The fraction of sp³-hybridized carbons (Fsp3) is 0.696. The molecule has 2 aromatic carbocycles. The molecule has 0 aliphatic carbocycles. The summed E-state index contributed by atoms with van der Waals surface area (Å²) >= 11 is 1.39. The number of carbonyl (C=O) groups excluding carboxylic acids is 9. The van der Waals surface area contributed by atoms with Gasteiger partial charge in [0.15, 0.2) is 11.6 Å². The summed E-state index contributed by atoms with van der Waals surface area (Å²) in [7, 11) is 6.63. The van der Waals surface area contributed by atoms with Crippen LogP contribution < -0.4 is 10.6 Å². The highest BCUT2D eigenvalue weighted by Crippen LogP contribution is 2.32. The zero-order valence-corrected chi connectivity index (χ0v) is 56.8. The number of imide groups is 1. The number of unbranched alkanes of at least 4 members (excludes halogenated alkanes) is 2. The van der Waals surface area contributed by atoms with E-state index in [1.807, 2.05) is 104 Å². The van der Waals surface area contributed by atoms with Gasteiger partial charge in [-0.15, -0.1) is 0 Å². The van der Waals surface area contributed by atoms with Crippen LogP contribution in [0.1, 0.15) is 178 Å². The van der Waals surface area contributed by atoms with Gasteiger partial charge in [-0.2, -0.15) is 11.8 Å². The second-order valence-corrected chi connectivity index (χ2v) is 26.3. The third kappa shape index (κ3) is 23.5. The topological polar surface area (TPSA) is 239 Å². The molecule has 2 aliphatic heterocycles. The lowest BCUT2D eigenvalue weighted by molar-refractivity contribution is -0.145. The van der Waals surface area contributed by atoms with Gasteiger partial charge in [-0.05, 0) is 91.2 Å². The maximum atomic E-state index is 14.0. The average molecular weight is 1270 g/mol. The summed E-state index contributed by atoms with van der Waals surface area (Å²) in [5.41, 5.74) is 2.20. The zero-order valence-electron chi connectivity index (χ0n) is 56.0. The maximum absolute atomic E-state index is 14.0. The number of benzene rings is 2. The number of amides is 6. The lowest BCUT2D eigenvalue weighted by atomic mass is 9.83. The highest BCUT2D eigenvalue weighted by Gasteiger charge is 2.42. The second kappa shape index (κ2) is 39.5. The predicted octanol–water partition coefficient (Wildman–Crippen LogP) is 10.6. The second-order valence-electron chi connectivity index (χ2n) is 25.2. The molecular formula is C69H112N6O13S. The molecular weight excluding hydrogens is 1150 g/mol. The van der Waals surface area contributed by atoms with Crippen LogP contribution in [0.4, 0.5) is 10.5 Å². The Labute approximate surface area is 537 Å². The van der Waals surface area contributed by atoms with Gasteiger partial charge >= 0.3 is 6.09 Å². The smallest absolute Gasteiger partial charge is 0.410 e. The molecule has 19 nitrogen and oxygen atoms in total. The van der Waals surface area contributed by atoms with Gasteiger partial charge in [-0.25, -0.2) is 4.79 Å². The summed E-state index contributed by atoms with van der Waals surface area (Å²) in [6, 6.07) is 14.8. The normalized spacial score (nSPS) is 18.3. The molecule has 3 N–H and O–H groups in total. The van der Waals surface area contributed by atoms with Crippen LogP contribution >= 0.6 is 11.8 Å². The van der Waals surface area contributed by atoms with E-state index in [0.29, 0.717) is 37.1 Å². The number of likely N-dealkylation sites (N-methyl/N-ethyl adjacent to an activating group) is 2. The number of carbonyl (C=O) groups is 9. The molecule has 2 unspecified atom stereocenters. The Morgan fingerprint density at radius 3 is 1.93 bits per heavy atom. The number of anilines is 1. The molecule has 0 saturated carbocycles. The summed E-state index contributed by atoms with van der Waals surface area (Å²) in [5.74, 6) is -2.22. The average Bonchev–Trinajstić information content (AvgIpc) is 4.30. The van der Waals surface area contributed by atoms with Crippen LogP contribution in [0.15, 0.2) is 54.6 Å². The van der Waals surface area contributed by atoms with Crippen LogP contribution in [0.5, 0.6) is 0 Å². The summed E-state index contributed by atoms with van der Waals surface area (Å²) in [4.78, 5) is 123. The van der Waals surface area contributed by atoms with E-state index in [9.17, 15) is 48.3 Å². The van der Waals surface area contributed by atoms with Crippen molar-refractivity contribution in [3.63, 3.8) is 0 Å². The molecule has 2 fully saturated rings. The Kier molecular flexibility index (Phi) is 35.3. The van der Waals surface area contributed by atoms with E-state index >= 15 is 0 Å². The fourth-order valence-electron chi connectivity index (χ4n) is 12.2. The van der Waals surface area contributed by atoms with Crippen molar-refractivity contribution in [1.82, 2.24) is 24.9 Å². The Balaban J connectivity index is 0.000000829. The van der Waals surface area contributed by atoms with Crippen molar-refractivity contribution in [3.05, 3.63) is 65.7 Å². The lowest BCUT2D eigenvalue weighted by Gasteiger charge is -2.40. The minimum atomic E-state index is -0.794. The number of thioether (sulfide) groups is 1. The van der Waals surface area contributed by atoms with E-state index < -0.39 is 30.2 Å². The first-order valence-electron chi connectivity index (χ1n) is 31.9. The first-order chi connectivity index (χ1) is 41.6. The van der Waals surface area contributed by atoms with Crippen molar-refractivity contribution >= 4 is 70.4 Å². The third-order valence-corrected chi connectivity index (χ3v) is 18.7. The van der Waals surface area contributed by atoms with Gasteiger partial charge in [0.2, 0.25) is 29.5 Å². The van der Waals surface area contributed by atoms with Crippen LogP contribution in [0.25, 0.3) is 0 Å². The van der Waals surface area contributed by atoms with Crippen LogP contribution in [0.3, 0.4) is 0 Å². The molecule has 2 aromatic rings. The standard InChI is InChI=1S/C47H77N5O9S.C21H31NO4.CH4/c1-14-32(9)44(38(15-2)60-12)50(10)45(57)35(29(3)4)25-36(53)43(31(7)8)51(11)47(59)61-28-33-20-22-34(23-21-33)48-27-37(54)42(30(5)6)49-40(55)19-17-16-18-24-52-41(56)26-39(62-13)46(52)58;1-14(20(25)17-9-6-5-7-10-17)13-19(24)15(2)21(26-4)18-11-8-12-22(18)16(3)23;/h20-23,29-32,35,38-39,42-44,48H,14-19,24-28H2,1-13H3,(H,49,55);5-7,9-10,14-15,18,20-21,25H,8,11-13H2,1-4H3;1H4/t32-,35-,38+,39?,42-,43-,44?;14-,15-,18-,20+,21+;/m00./s1. The van der Waals surface area contributed by atoms with Crippen molar-refractivity contribution in [1.29, 1.82) is 0 Å². The SMILES string of the molecule is C.CC[C@H](C)C([C@@H](CC)OC)N(C)C(=O)[C@@H](CC(=O)[C@H](C(C)C)N(C)C(=O)OCc1ccc(NCC(=O)[C@@H](NC(=O)CCCCCN2C(=O)CC(SC)C2=O)C(C)C)cc1)C(C)C.CO[C@H]([C@@H](C)C(=O)C[C@H](C)[C@@H](O)c1ccccc1)[C@@H]1CCCN1C(C)=O. The predicted molar refractivity (Wildman–Crippen MR) is 353 cm³/mol. The van der Waals surface area contributed by atoms with E-state index in [-0.39, 0.29) is 158 Å². The highest BCUT2D eigenvalue weighted by atomic mass is 32.2. The van der Waals surface area contributed by atoms with E-state index in [2.05, 4.69) is 24.5 Å².